The van der Waals surface area contributed by atoms with Crippen LogP contribution < -0.4 is 5.32 Å². The summed E-state index contributed by atoms with van der Waals surface area (Å²) in [4.78, 5) is 15.5. The first kappa shape index (κ1) is 16.5. The Morgan fingerprint density at radius 1 is 1.11 bits per heavy atom. The number of halogens is 2. The number of anilines is 1. The van der Waals surface area contributed by atoms with Gasteiger partial charge in [-0.15, -0.1) is 0 Å². The number of carbonyl (C=O) groups excluding carboxylic acids is 1. The SMILES string of the molecule is N#Cc1c(C(=O)Nc2cc(-c3cc(F)cc(F)c3)[nH]n2)[nH]c2ccccc12. The molecular weight excluding hydrogens is 352 g/mol. The van der Waals surface area contributed by atoms with Crippen LogP contribution in [0.15, 0.2) is 48.5 Å². The third kappa shape index (κ3) is 3.02. The van der Waals surface area contributed by atoms with Crippen molar-refractivity contribution in [1.29, 1.82) is 5.26 Å². The number of carbonyl (C=O) groups is 1. The fourth-order valence-electron chi connectivity index (χ4n) is 2.85. The molecule has 2 aromatic carbocycles. The van der Waals surface area contributed by atoms with Gasteiger partial charge in [0.25, 0.3) is 5.91 Å². The highest BCUT2D eigenvalue weighted by molar-refractivity contribution is 6.08. The molecule has 4 rings (SSSR count). The predicted molar refractivity (Wildman–Crippen MR) is 94.9 cm³/mol. The number of nitrogens with zero attached hydrogens (tertiary/aromatic N) is 2. The minimum absolute atomic E-state index is 0.111. The number of fused-ring (bicyclic) bond motifs is 1. The van der Waals surface area contributed by atoms with Crippen molar-refractivity contribution in [3.8, 4) is 17.3 Å². The lowest BCUT2D eigenvalue weighted by atomic mass is 10.1. The van der Waals surface area contributed by atoms with Crippen molar-refractivity contribution in [2.75, 3.05) is 5.32 Å². The smallest absolute Gasteiger partial charge is 0.274 e. The fourth-order valence-corrected chi connectivity index (χ4v) is 2.85. The number of para-hydroxylation sites is 1. The number of aromatic amines is 2. The van der Waals surface area contributed by atoms with Crippen molar-refractivity contribution >= 4 is 22.6 Å². The van der Waals surface area contributed by atoms with E-state index in [4.69, 9.17) is 0 Å². The molecule has 0 saturated heterocycles. The number of aromatic nitrogens is 3. The van der Waals surface area contributed by atoms with E-state index < -0.39 is 17.5 Å². The molecule has 8 heteroatoms. The molecule has 0 spiro atoms. The van der Waals surface area contributed by atoms with Crippen LogP contribution in [0.2, 0.25) is 0 Å². The summed E-state index contributed by atoms with van der Waals surface area (Å²) in [6, 6.07) is 13.6. The summed E-state index contributed by atoms with van der Waals surface area (Å²) in [7, 11) is 0. The summed E-state index contributed by atoms with van der Waals surface area (Å²) >= 11 is 0. The number of hydrogen-bond donors (Lipinski definition) is 3. The highest BCUT2D eigenvalue weighted by atomic mass is 19.1. The van der Waals surface area contributed by atoms with Crippen molar-refractivity contribution in [3.63, 3.8) is 0 Å². The van der Waals surface area contributed by atoms with Crippen molar-refractivity contribution < 1.29 is 13.6 Å². The highest BCUT2D eigenvalue weighted by Gasteiger charge is 2.18. The average Bonchev–Trinajstić information content (AvgIpc) is 3.25. The van der Waals surface area contributed by atoms with Gasteiger partial charge in [-0.05, 0) is 18.2 Å². The number of amides is 1. The third-order valence-corrected chi connectivity index (χ3v) is 4.04. The Labute approximate surface area is 151 Å². The van der Waals surface area contributed by atoms with Gasteiger partial charge in [-0.2, -0.15) is 10.4 Å². The first-order valence-corrected chi connectivity index (χ1v) is 7.89. The van der Waals surface area contributed by atoms with E-state index >= 15 is 0 Å². The summed E-state index contributed by atoms with van der Waals surface area (Å²) < 4.78 is 26.7. The van der Waals surface area contributed by atoms with E-state index in [1.807, 2.05) is 6.07 Å². The van der Waals surface area contributed by atoms with E-state index in [0.717, 1.165) is 18.2 Å². The highest BCUT2D eigenvalue weighted by Crippen LogP contribution is 2.24. The molecule has 0 atom stereocenters. The van der Waals surface area contributed by atoms with Crippen LogP contribution in [0.3, 0.4) is 0 Å². The average molecular weight is 363 g/mol. The van der Waals surface area contributed by atoms with Gasteiger partial charge in [-0.3, -0.25) is 9.89 Å². The Balaban J connectivity index is 1.63. The zero-order valence-electron chi connectivity index (χ0n) is 13.7. The van der Waals surface area contributed by atoms with Gasteiger partial charge < -0.3 is 10.3 Å². The Kier molecular flexibility index (Phi) is 3.90. The van der Waals surface area contributed by atoms with Crippen LogP contribution in [0.5, 0.6) is 0 Å². The lowest BCUT2D eigenvalue weighted by molar-refractivity contribution is 0.102. The zero-order chi connectivity index (χ0) is 19.0. The standard InChI is InChI=1S/C19H11F2N5O/c20-11-5-10(6-12(21)7-11)16-8-17(26-25-16)24-19(27)18-14(9-22)13-3-1-2-4-15(13)23-18/h1-8,23H,(H2,24,25,26,27). The predicted octanol–water partition coefficient (Wildman–Crippen LogP) is 3.96. The minimum Gasteiger partial charge on any atom is -0.349 e. The first-order chi connectivity index (χ1) is 13.0. The molecule has 0 aliphatic heterocycles. The lowest BCUT2D eigenvalue weighted by Crippen LogP contribution is -2.14. The summed E-state index contributed by atoms with van der Waals surface area (Å²) in [5.41, 5.74) is 1.59. The number of hydrogen-bond acceptors (Lipinski definition) is 3. The number of rotatable bonds is 3. The van der Waals surface area contributed by atoms with E-state index in [1.54, 1.807) is 24.3 Å². The second kappa shape index (κ2) is 6.38. The van der Waals surface area contributed by atoms with Crippen molar-refractivity contribution in [2.45, 2.75) is 0 Å². The van der Waals surface area contributed by atoms with Crippen molar-refractivity contribution in [3.05, 3.63) is 71.4 Å². The Morgan fingerprint density at radius 3 is 2.59 bits per heavy atom. The molecule has 4 aromatic rings. The summed E-state index contributed by atoms with van der Waals surface area (Å²) in [5.74, 6) is -1.84. The number of H-pyrrole nitrogens is 2. The van der Waals surface area contributed by atoms with Gasteiger partial charge in [0.05, 0.1) is 11.3 Å². The molecule has 0 unspecified atom stereocenters. The van der Waals surface area contributed by atoms with Crippen LogP contribution >= 0.6 is 0 Å². The van der Waals surface area contributed by atoms with Crippen molar-refractivity contribution in [1.82, 2.24) is 15.2 Å². The normalized spacial score (nSPS) is 10.7. The van der Waals surface area contributed by atoms with Gasteiger partial charge >= 0.3 is 0 Å². The van der Waals surface area contributed by atoms with Gasteiger partial charge in [0.15, 0.2) is 5.82 Å². The molecule has 2 aromatic heterocycles. The first-order valence-electron chi connectivity index (χ1n) is 7.89. The maximum absolute atomic E-state index is 13.4. The molecule has 2 heterocycles. The summed E-state index contributed by atoms with van der Waals surface area (Å²) in [6.07, 6.45) is 0. The minimum atomic E-state index is -0.720. The monoisotopic (exact) mass is 363 g/mol. The molecule has 0 aliphatic rings. The van der Waals surface area contributed by atoms with Crippen LogP contribution in [0, 0.1) is 23.0 Å². The van der Waals surface area contributed by atoms with Crippen LogP contribution in [-0.4, -0.2) is 21.1 Å². The van der Waals surface area contributed by atoms with Crippen LogP contribution in [0.25, 0.3) is 22.2 Å². The molecule has 0 saturated carbocycles. The lowest BCUT2D eigenvalue weighted by Gasteiger charge is -2.00. The molecule has 132 valence electrons. The van der Waals surface area contributed by atoms with Gasteiger partial charge in [-0.1, -0.05) is 18.2 Å². The second-order valence-electron chi connectivity index (χ2n) is 5.81. The van der Waals surface area contributed by atoms with Crippen LogP contribution in [0.1, 0.15) is 16.1 Å². The Bertz CT molecular complexity index is 1200. The van der Waals surface area contributed by atoms with Crippen LogP contribution in [0.4, 0.5) is 14.6 Å². The maximum atomic E-state index is 13.4. The topological polar surface area (TPSA) is 97.4 Å². The van der Waals surface area contributed by atoms with Gasteiger partial charge in [0, 0.05) is 28.6 Å². The maximum Gasteiger partial charge on any atom is 0.274 e. The molecule has 27 heavy (non-hydrogen) atoms. The second-order valence-corrected chi connectivity index (χ2v) is 5.81. The summed E-state index contributed by atoms with van der Waals surface area (Å²) in [5, 5.41) is 19.1. The largest absolute Gasteiger partial charge is 0.349 e. The van der Waals surface area contributed by atoms with Gasteiger partial charge in [0.2, 0.25) is 0 Å². The summed E-state index contributed by atoms with van der Waals surface area (Å²) in [6.45, 7) is 0. The van der Waals surface area contributed by atoms with Gasteiger partial charge in [-0.25, -0.2) is 8.78 Å². The molecule has 1 amide bonds. The van der Waals surface area contributed by atoms with Gasteiger partial charge in [0.1, 0.15) is 23.4 Å². The van der Waals surface area contributed by atoms with E-state index in [0.29, 0.717) is 16.6 Å². The Hall–Kier alpha value is -3.99. The number of benzene rings is 2. The number of nitriles is 1. The van der Waals surface area contributed by atoms with Crippen LogP contribution in [-0.2, 0) is 0 Å². The fraction of sp³-hybridized carbons (Fsp3) is 0. The van der Waals surface area contributed by atoms with E-state index in [9.17, 15) is 18.8 Å². The van der Waals surface area contributed by atoms with E-state index in [2.05, 4.69) is 20.5 Å². The quantitative estimate of drug-likeness (QED) is 0.514. The molecule has 0 bridgehead atoms. The third-order valence-electron chi connectivity index (χ3n) is 4.04. The number of nitrogens with one attached hydrogen (secondary N) is 3. The van der Waals surface area contributed by atoms with E-state index in [-0.39, 0.29) is 22.6 Å². The molecule has 0 radical (unpaired) electrons. The van der Waals surface area contributed by atoms with E-state index in [1.165, 1.54) is 6.07 Å². The van der Waals surface area contributed by atoms with Crippen molar-refractivity contribution in [2.24, 2.45) is 0 Å². The zero-order valence-corrected chi connectivity index (χ0v) is 13.7. The molecule has 0 fully saturated rings. The Morgan fingerprint density at radius 2 is 1.85 bits per heavy atom. The molecule has 3 N–H and O–H groups in total. The molecule has 6 nitrogen and oxygen atoms in total. The molecular formula is C19H11F2N5O. The molecule has 0 aliphatic carbocycles.